The van der Waals surface area contributed by atoms with Crippen LogP contribution >= 0.6 is 0 Å². The van der Waals surface area contributed by atoms with Gasteiger partial charge in [0.1, 0.15) is 0 Å². The summed E-state index contributed by atoms with van der Waals surface area (Å²) < 4.78 is 1.79. The van der Waals surface area contributed by atoms with Crippen molar-refractivity contribution in [2.24, 2.45) is 12.8 Å². The first-order chi connectivity index (χ1) is 8.19. The molecule has 1 aromatic heterocycles. The van der Waals surface area contributed by atoms with Crippen LogP contribution in [0.1, 0.15) is 29.7 Å². The summed E-state index contributed by atoms with van der Waals surface area (Å²) in [6.45, 7) is 2.16. The third-order valence-electron chi connectivity index (χ3n) is 3.04. The fraction of sp³-hybridized carbons (Fsp3) is 0.357. The number of hydrogen-bond donors (Lipinski definition) is 1. The van der Waals surface area contributed by atoms with Crippen LogP contribution in [0.15, 0.2) is 36.7 Å². The van der Waals surface area contributed by atoms with Gasteiger partial charge in [0.15, 0.2) is 0 Å². The van der Waals surface area contributed by atoms with Gasteiger partial charge in [0.2, 0.25) is 0 Å². The van der Waals surface area contributed by atoms with Crippen LogP contribution in [0.5, 0.6) is 0 Å². The Bertz CT molecular complexity index is 470. The van der Waals surface area contributed by atoms with Crippen LogP contribution in [0.2, 0.25) is 0 Å². The largest absolute Gasteiger partial charge is 0.324 e. The minimum absolute atomic E-state index is 0.0242. The zero-order valence-electron chi connectivity index (χ0n) is 10.4. The second kappa shape index (κ2) is 5.15. The normalized spacial score (nSPS) is 12.6. The molecule has 0 bridgehead atoms. The van der Waals surface area contributed by atoms with Crippen molar-refractivity contribution in [2.45, 2.75) is 25.8 Å². The number of aromatic nitrogens is 2. The van der Waals surface area contributed by atoms with Gasteiger partial charge in [0.05, 0.1) is 6.20 Å². The number of hydrogen-bond acceptors (Lipinski definition) is 2. The van der Waals surface area contributed by atoms with Gasteiger partial charge < -0.3 is 5.73 Å². The molecule has 3 heteroatoms. The number of aryl methyl sites for hydroxylation is 2. The zero-order chi connectivity index (χ0) is 12.3. The monoisotopic (exact) mass is 229 g/mol. The molecule has 3 nitrogen and oxygen atoms in total. The third-order valence-corrected chi connectivity index (χ3v) is 3.04. The standard InChI is InChI=1S/C14H19N3/c1-3-11-4-6-12(7-5-11)8-14(15)13-9-16-17(2)10-13/h4-7,9-10,14H,3,8,15H2,1-2H3. The van der Waals surface area contributed by atoms with Gasteiger partial charge in [0, 0.05) is 24.8 Å². The maximum Gasteiger partial charge on any atom is 0.0537 e. The predicted molar refractivity (Wildman–Crippen MR) is 69.7 cm³/mol. The molecular formula is C14H19N3. The minimum atomic E-state index is 0.0242. The molecule has 1 atom stereocenters. The van der Waals surface area contributed by atoms with Gasteiger partial charge in [-0.25, -0.2) is 0 Å². The van der Waals surface area contributed by atoms with E-state index in [1.807, 2.05) is 19.4 Å². The van der Waals surface area contributed by atoms with Crippen LogP contribution in [-0.2, 0) is 19.9 Å². The van der Waals surface area contributed by atoms with Gasteiger partial charge >= 0.3 is 0 Å². The summed E-state index contributed by atoms with van der Waals surface area (Å²) in [5.41, 5.74) is 9.89. The summed E-state index contributed by atoms with van der Waals surface area (Å²) >= 11 is 0. The molecule has 0 aliphatic rings. The lowest BCUT2D eigenvalue weighted by atomic mass is 10.0. The van der Waals surface area contributed by atoms with Crippen molar-refractivity contribution in [3.63, 3.8) is 0 Å². The first-order valence-electron chi connectivity index (χ1n) is 6.01. The Morgan fingerprint density at radius 2 is 1.88 bits per heavy atom. The highest BCUT2D eigenvalue weighted by atomic mass is 15.2. The Morgan fingerprint density at radius 3 is 2.41 bits per heavy atom. The van der Waals surface area contributed by atoms with E-state index in [1.54, 1.807) is 4.68 Å². The van der Waals surface area contributed by atoms with E-state index in [4.69, 9.17) is 5.73 Å². The molecule has 17 heavy (non-hydrogen) atoms. The highest BCUT2D eigenvalue weighted by Gasteiger charge is 2.08. The summed E-state index contributed by atoms with van der Waals surface area (Å²) in [5.74, 6) is 0. The van der Waals surface area contributed by atoms with Gasteiger partial charge in [-0.2, -0.15) is 5.10 Å². The molecule has 0 radical (unpaired) electrons. The Hall–Kier alpha value is -1.61. The number of rotatable bonds is 4. The van der Waals surface area contributed by atoms with Crippen molar-refractivity contribution in [1.29, 1.82) is 0 Å². The molecule has 90 valence electrons. The fourth-order valence-corrected chi connectivity index (χ4v) is 1.91. The minimum Gasteiger partial charge on any atom is -0.324 e. The van der Waals surface area contributed by atoms with Gasteiger partial charge in [0.25, 0.3) is 0 Å². The summed E-state index contributed by atoms with van der Waals surface area (Å²) in [6, 6.07) is 8.69. The maximum absolute atomic E-state index is 6.16. The molecule has 0 fully saturated rings. The van der Waals surface area contributed by atoms with Gasteiger partial charge in [-0.3, -0.25) is 4.68 Å². The molecule has 1 aromatic carbocycles. The average molecular weight is 229 g/mol. The summed E-state index contributed by atoms with van der Waals surface area (Å²) in [5, 5.41) is 4.14. The van der Waals surface area contributed by atoms with Crippen molar-refractivity contribution >= 4 is 0 Å². The Labute approximate surface area is 102 Å². The molecule has 2 rings (SSSR count). The lowest BCUT2D eigenvalue weighted by Gasteiger charge is -2.09. The topological polar surface area (TPSA) is 43.8 Å². The van der Waals surface area contributed by atoms with Crippen LogP contribution in [0.4, 0.5) is 0 Å². The van der Waals surface area contributed by atoms with Crippen LogP contribution in [-0.4, -0.2) is 9.78 Å². The second-order valence-electron chi connectivity index (χ2n) is 4.43. The molecule has 0 saturated heterocycles. The quantitative estimate of drug-likeness (QED) is 0.873. The SMILES string of the molecule is CCc1ccc(CC(N)c2cnn(C)c2)cc1. The molecule has 0 spiro atoms. The number of nitrogens with two attached hydrogens (primary N) is 1. The molecule has 0 amide bonds. The van der Waals surface area contributed by atoms with E-state index in [1.165, 1.54) is 11.1 Å². The highest BCUT2D eigenvalue weighted by molar-refractivity contribution is 5.24. The predicted octanol–water partition coefficient (Wildman–Crippen LogP) is 2.22. The molecule has 1 unspecified atom stereocenters. The highest BCUT2D eigenvalue weighted by Crippen LogP contribution is 2.15. The van der Waals surface area contributed by atoms with Crippen molar-refractivity contribution in [3.8, 4) is 0 Å². The van der Waals surface area contributed by atoms with Crippen molar-refractivity contribution in [2.75, 3.05) is 0 Å². The average Bonchev–Trinajstić information content (AvgIpc) is 2.77. The molecule has 1 heterocycles. The van der Waals surface area contributed by atoms with E-state index in [0.29, 0.717) is 0 Å². The van der Waals surface area contributed by atoms with Crippen molar-refractivity contribution < 1.29 is 0 Å². The summed E-state index contributed by atoms with van der Waals surface area (Å²) in [6.07, 6.45) is 5.75. The molecule has 0 aliphatic carbocycles. The van der Waals surface area contributed by atoms with E-state index in [-0.39, 0.29) is 6.04 Å². The van der Waals surface area contributed by atoms with E-state index in [9.17, 15) is 0 Å². The third kappa shape index (κ3) is 2.94. The number of nitrogens with zero attached hydrogens (tertiary/aromatic N) is 2. The first kappa shape index (κ1) is 11.9. The molecule has 2 N–H and O–H groups in total. The molecular weight excluding hydrogens is 210 g/mol. The number of benzene rings is 1. The summed E-state index contributed by atoms with van der Waals surface area (Å²) in [4.78, 5) is 0. The van der Waals surface area contributed by atoms with Crippen LogP contribution < -0.4 is 5.73 Å². The lowest BCUT2D eigenvalue weighted by Crippen LogP contribution is -2.12. The van der Waals surface area contributed by atoms with Crippen LogP contribution in [0.3, 0.4) is 0 Å². The van der Waals surface area contributed by atoms with E-state index < -0.39 is 0 Å². The zero-order valence-corrected chi connectivity index (χ0v) is 10.4. The van der Waals surface area contributed by atoms with E-state index in [0.717, 1.165) is 18.4 Å². The Morgan fingerprint density at radius 1 is 1.24 bits per heavy atom. The molecule has 0 saturated carbocycles. The van der Waals surface area contributed by atoms with Gasteiger partial charge in [-0.15, -0.1) is 0 Å². The fourth-order valence-electron chi connectivity index (χ4n) is 1.91. The Kier molecular flexibility index (Phi) is 3.59. The van der Waals surface area contributed by atoms with Gasteiger partial charge in [-0.1, -0.05) is 31.2 Å². The Balaban J connectivity index is 2.04. The second-order valence-corrected chi connectivity index (χ2v) is 4.43. The van der Waals surface area contributed by atoms with Crippen LogP contribution in [0.25, 0.3) is 0 Å². The maximum atomic E-state index is 6.16. The van der Waals surface area contributed by atoms with Crippen LogP contribution in [0, 0.1) is 0 Å². The van der Waals surface area contributed by atoms with Gasteiger partial charge in [-0.05, 0) is 24.0 Å². The smallest absolute Gasteiger partial charge is 0.0537 e. The van der Waals surface area contributed by atoms with Crippen molar-refractivity contribution in [3.05, 3.63) is 53.3 Å². The van der Waals surface area contributed by atoms with E-state index in [2.05, 4.69) is 36.3 Å². The lowest BCUT2D eigenvalue weighted by molar-refractivity contribution is 0.717. The summed E-state index contributed by atoms with van der Waals surface area (Å²) in [7, 11) is 1.91. The molecule has 0 aliphatic heterocycles. The molecule has 2 aromatic rings. The first-order valence-corrected chi connectivity index (χ1v) is 6.01. The van der Waals surface area contributed by atoms with Crippen molar-refractivity contribution in [1.82, 2.24) is 9.78 Å². The van der Waals surface area contributed by atoms with E-state index >= 15 is 0 Å².